The normalized spacial score (nSPS) is 10.9. The third kappa shape index (κ3) is 6.21. The van der Waals surface area contributed by atoms with Crippen molar-refractivity contribution >= 4 is 5.97 Å². The monoisotopic (exact) mass is 233 g/mol. The number of unbranched alkanes of at least 4 members (excludes halogenated alkanes) is 1. The van der Waals surface area contributed by atoms with Gasteiger partial charge in [0.25, 0.3) is 5.09 Å². The van der Waals surface area contributed by atoms with Crippen molar-refractivity contribution in [3.63, 3.8) is 0 Å². The Kier molecular flexibility index (Phi) is 6.44. The summed E-state index contributed by atoms with van der Waals surface area (Å²) in [6, 6.07) is 0. The lowest BCUT2D eigenvalue weighted by atomic mass is 9.87. The third-order valence-corrected chi connectivity index (χ3v) is 2.22. The Bertz CT molecular complexity index is 239. The molecule has 0 aliphatic carbocycles. The Hall–Kier alpha value is -1.33. The molecule has 6 nitrogen and oxygen atoms in total. The van der Waals surface area contributed by atoms with Crippen molar-refractivity contribution in [3.8, 4) is 0 Å². The molecular formula is C10H19NO5. The predicted molar refractivity (Wildman–Crippen MR) is 57.2 cm³/mol. The minimum Gasteiger partial charge on any atom is -0.466 e. The van der Waals surface area contributed by atoms with Gasteiger partial charge in [0.15, 0.2) is 0 Å². The lowest BCUT2D eigenvalue weighted by molar-refractivity contribution is -0.757. The smallest absolute Gasteiger partial charge is 0.311 e. The summed E-state index contributed by atoms with van der Waals surface area (Å²) in [6.45, 7) is 5.82. The molecule has 94 valence electrons. The van der Waals surface area contributed by atoms with E-state index < -0.39 is 10.5 Å². The van der Waals surface area contributed by atoms with Gasteiger partial charge in [0.2, 0.25) is 0 Å². The number of rotatable bonds is 8. The quantitative estimate of drug-likeness (QED) is 0.277. The molecule has 0 heterocycles. The predicted octanol–water partition coefficient (Wildman–Crippen LogP) is 1.95. The van der Waals surface area contributed by atoms with Crippen LogP contribution in [0.4, 0.5) is 0 Å². The molecule has 0 amide bonds. The molecule has 6 heteroatoms. The van der Waals surface area contributed by atoms with Crippen molar-refractivity contribution in [2.45, 2.75) is 40.0 Å². The molecule has 0 spiro atoms. The molecule has 0 bridgehead atoms. The number of ether oxygens (including phenoxy) is 1. The second-order valence-corrected chi connectivity index (χ2v) is 4.12. The molecule has 0 radical (unpaired) electrons. The molecular weight excluding hydrogens is 214 g/mol. The van der Waals surface area contributed by atoms with Gasteiger partial charge >= 0.3 is 5.97 Å². The minimum absolute atomic E-state index is 0.0753. The van der Waals surface area contributed by atoms with E-state index >= 15 is 0 Å². The molecule has 0 saturated carbocycles. The second-order valence-electron chi connectivity index (χ2n) is 4.12. The zero-order valence-electron chi connectivity index (χ0n) is 10.0. The molecule has 0 aromatic heterocycles. The van der Waals surface area contributed by atoms with E-state index in [0.717, 1.165) is 0 Å². The van der Waals surface area contributed by atoms with Gasteiger partial charge in [-0.2, -0.15) is 0 Å². The maximum atomic E-state index is 11.5. The maximum Gasteiger partial charge on any atom is 0.311 e. The maximum absolute atomic E-state index is 11.5. The van der Waals surface area contributed by atoms with Crippen LogP contribution in [0.15, 0.2) is 0 Å². The van der Waals surface area contributed by atoms with Crippen LogP contribution in [0.25, 0.3) is 0 Å². The first-order valence-electron chi connectivity index (χ1n) is 5.34. The molecule has 0 N–H and O–H groups in total. The summed E-state index contributed by atoms with van der Waals surface area (Å²) < 4.78 is 4.92. The van der Waals surface area contributed by atoms with Gasteiger partial charge in [-0.25, -0.2) is 0 Å². The second kappa shape index (κ2) is 7.03. The first-order valence-corrected chi connectivity index (χ1v) is 5.34. The van der Waals surface area contributed by atoms with E-state index in [1.807, 2.05) is 0 Å². The molecule has 0 rings (SSSR count). The fourth-order valence-corrected chi connectivity index (χ4v) is 1.24. The van der Waals surface area contributed by atoms with E-state index in [-0.39, 0.29) is 12.6 Å². The molecule has 0 atom stereocenters. The van der Waals surface area contributed by atoms with Crippen LogP contribution in [-0.2, 0) is 14.4 Å². The van der Waals surface area contributed by atoms with Crippen LogP contribution in [0.1, 0.15) is 40.0 Å². The van der Waals surface area contributed by atoms with E-state index in [1.165, 1.54) is 0 Å². The van der Waals surface area contributed by atoms with Gasteiger partial charge in [-0.3, -0.25) is 4.79 Å². The SMILES string of the molecule is CCOC(=O)C(C)(C)CCCCO[N+](=O)[O-]. The van der Waals surface area contributed by atoms with Crippen LogP contribution in [0.3, 0.4) is 0 Å². The van der Waals surface area contributed by atoms with E-state index in [2.05, 4.69) is 4.84 Å². The fraction of sp³-hybridized carbons (Fsp3) is 0.900. The van der Waals surface area contributed by atoms with Crippen molar-refractivity contribution in [2.24, 2.45) is 5.41 Å². The van der Waals surface area contributed by atoms with Gasteiger partial charge in [0.05, 0.1) is 18.6 Å². The zero-order chi connectivity index (χ0) is 12.6. The average Bonchev–Trinajstić information content (AvgIpc) is 2.17. The summed E-state index contributed by atoms with van der Waals surface area (Å²) in [5, 5.41) is 9.05. The first-order chi connectivity index (χ1) is 7.40. The van der Waals surface area contributed by atoms with Gasteiger partial charge in [-0.05, 0) is 33.6 Å². The van der Waals surface area contributed by atoms with Crippen molar-refractivity contribution in [1.82, 2.24) is 0 Å². The van der Waals surface area contributed by atoms with E-state index in [4.69, 9.17) is 4.74 Å². The molecule has 0 aromatic rings. The van der Waals surface area contributed by atoms with Crippen molar-refractivity contribution < 1.29 is 19.5 Å². The van der Waals surface area contributed by atoms with Crippen LogP contribution in [0.2, 0.25) is 0 Å². The largest absolute Gasteiger partial charge is 0.466 e. The molecule has 0 aromatic carbocycles. The summed E-state index contributed by atoms with van der Waals surface area (Å²) >= 11 is 0. The number of hydrogen-bond acceptors (Lipinski definition) is 5. The van der Waals surface area contributed by atoms with Gasteiger partial charge in [0, 0.05) is 0 Å². The number of nitrogens with zero attached hydrogens (tertiary/aromatic N) is 1. The van der Waals surface area contributed by atoms with E-state index in [1.54, 1.807) is 20.8 Å². The molecule has 0 unspecified atom stereocenters. The van der Waals surface area contributed by atoms with Crippen LogP contribution in [-0.4, -0.2) is 24.3 Å². The van der Waals surface area contributed by atoms with Crippen molar-refractivity contribution in [2.75, 3.05) is 13.2 Å². The number of carbonyl (C=O) groups excluding carboxylic acids is 1. The first kappa shape index (κ1) is 14.7. The molecule has 16 heavy (non-hydrogen) atoms. The van der Waals surface area contributed by atoms with Crippen LogP contribution >= 0.6 is 0 Å². The van der Waals surface area contributed by atoms with Gasteiger partial charge in [0.1, 0.15) is 0 Å². The highest BCUT2D eigenvalue weighted by atomic mass is 16.9. The molecule has 0 fully saturated rings. The minimum atomic E-state index is -0.809. The summed E-state index contributed by atoms with van der Waals surface area (Å²) in [7, 11) is 0. The number of carbonyl (C=O) groups is 1. The van der Waals surface area contributed by atoms with Crippen molar-refractivity contribution in [1.29, 1.82) is 0 Å². The highest BCUT2D eigenvalue weighted by Gasteiger charge is 2.28. The molecule has 0 saturated heterocycles. The highest BCUT2D eigenvalue weighted by molar-refractivity contribution is 5.75. The highest BCUT2D eigenvalue weighted by Crippen LogP contribution is 2.24. The average molecular weight is 233 g/mol. The Labute approximate surface area is 95.0 Å². The Morgan fingerprint density at radius 1 is 1.38 bits per heavy atom. The Morgan fingerprint density at radius 3 is 2.50 bits per heavy atom. The van der Waals surface area contributed by atoms with E-state index in [9.17, 15) is 14.9 Å². The summed E-state index contributed by atoms with van der Waals surface area (Å²) in [4.78, 5) is 25.5. The van der Waals surface area contributed by atoms with Crippen LogP contribution < -0.4 is 0 Å². The van der Waals surface area contributed by atoms with Gasteiger partial charge in [-0.1, -0.05) is 6.42 Å². The van der Waals surface area contributed by atoms with Crippen molar-refractivity contribution in [3.05, 3.63) is 10.1 Å². The Morgan fingerprint density at radius 2 is 2.00 bits per heavy atom. The van der Waals surface area contributed by atoms with Gasteiger partial charge in [-0.15, -0.1) is 10.1 Å². The lowest BCUT2D eigenvalue weighted by Gasteiger charge is -2.21. The fourth-order valence-electron chi connectivity index (χ4n) is 1.24. The van der Waals surface area contributed by atoms with E-state index in [0.29, 0.717) is 25.9 Å². The zero-order valence-corrected chi connectivity index (χ0v) is 10.0. The topological polar surface area (TPSA) is 78.7 Å². The number of hydrogen-bond donors (Lipinski definition) is 0. The summed E-state index contributed by atoms with van der Waals surface area (Å²) in [6.07, 6.45) is 1.89. The molecule has 0 aliphatic rings. The summed E-state index contributed by atoms with van der Waals surface area (Å²) in [5.41, 5.74) is -0.537. The van der Waals surface area contributed by atoms with Crippen LogP contribution in [0, 0.1) is 15.5 Å². The number of esters is 1. The third-order valence-electron chi connectivity index (χ3n) is 2.22. The van der Waals surface area contributed by atoms with Crippen LogP contribution in [0.5, 0.6) is 0 Å². The molecule has 0 aliphatic heterocycles. The van der Waals surface area contributed by atoms with Gasteiger partial charge < -0.3 is 9.57 Å². The summed E-state index contributed by atoms with van der Waals surface area (Å²) in [5.74, 6) is -0.231. The Balaban J connectivity index is 3.73. The standard InChI is InChI=1S/C10H19NO5/c1-4-15-9(12)10(2,3)7-5-6-8-16-11(13)14/h4-8H2,1-3H3. The lowest BCUT2D eigenvalue weighted by Crippen LogP contribution is -2.26.